The number of carbonyl (C=O) groups is 3. The predicted octanol–water partition coefficient (Wildman–Crippen LogP) is -2.22. The van der Waals surface area contributed by atoms with E-state index in [9.17, 15) is 14.4 Å². The largest absolute Gasteiger partial charge is 0.480 e. The van der Waals surface area contributed by atoms with Crippen LogP contribution in [-0.4, -0.2) is 65.8 Å². The molecule has 0 radical (unpaired) electrons. The normalized spacial score (nSPS) is 18.8. The third kappa shape index (κ3) is 7.61. The first-order valence-electron chi connectivity index (χ1n) is 8.08. The van der Waals surface area contributed by atoms with Crippen LogP contribution in [0, 0.1) is 0 Å². The van der Waals surface area contributed by atoms with Gasteiger partial charge in [0.15, 0.2) is 5.96 Å². The second-order valence-electron chi connectivity index (χ2n) is 5.74. The minimum atomic E-state index is -1.19. The van der Waals surface area contributed by atoms with Crippen LogP contribution in [0.2, 0.25) is 0 Å². The molecule has 0 aromatic rings. The Morgan fingerprint density at radius 3 is 2.52 bits per heavy atom. The topological polar surface area (TPSA) is 172 Å². The van der Waals surface area contributed by atoms with E-state index in [1.54, 1.807) is 0 Å². The number of aliphatic imine (C=N–C) groups is 1. The van der Waals surface area contributed by atoms with E-state index in [0.29, 0.717) is 19.4 Å². The molecule has 0 aromatic heterocycles. The quantitative estimate of drug-likeness (QED) is 0.0981. The zero-order chi connectivity index (χ0) is 18.8. The molecule has 25 heavy (non-hydrogen) atoms. The molecule has 0 aromatic carbocycles. The molecule has 0 saturated carbocycles. The average Bonchev–Trinajstić information content (AvgIpc) is 3.09. The van der Waals surface area contributed by atoms with E-state index < -0.39 is 24.0 Å². The van der Waals surface area contributed by atoms with Crippen LogP contribution >= 0.6 is 12.6 Å². The summed E-state index contributed by atoms with van der Waals surface area (Å²) in [5, 5.41) is 17.1. The monoisotopic (exact) mass is 374 g/mol. The number of rotatable bonds is 10. The molecule has 142 valence electrons. The lowest BCUT2D eigenvalue weighted by molar-refractivity contribution is -0.141. The number of carboxylic acid groups (broad SMARTS) is 1. The first kappa shape index (κ1) is 21.0. The fourth-order valence-electron chi connectivity index (χ4n) is 2.41. The molecule has 0 aliphatic carbocycles. The van der Waals surface area contributed by atoms with Gasteiger partial charge in [0, 0.05) is 12.3 Å². The van der Waals surface area contributed by atoms with Crippen LogP contribution in [0.15, 0.2) is 4.99 Å². The number of hydrogen-bond donors (Lipinski definition) is 7. The summed E-state index contributed by atoms with van der Waals surface area (Å²) in [5.41, 5.74) is 10.5. The van der Waals surface area contributed by atoms with Crippen molar-refractivity contribution in [3.05, 3.63) is 0 Å². The lowest BCUT2D eigenvalue weighted by Gasteiger charge is -2.22. The summed E-state index contributed by atoms with van der Waals surface area (Å²) in [5.74, 6) is -2.15. The molecule has 1 aliphatic rings. The Bertz CT molecular complexity index is 506. The highest BCUT2D eigenvalue weighted by Gasteiger charge is 2.29. The smallest absolute Gasteiger partial charge is 0.327 e. The molecule has 1 heterocycles. The van der Waals surface area contributed by atoms with Crippen molar-refractivity contribution >= 4 is 36.4 Å². The van der Waals surface area contributed by atoms with Gasteiger partial charge in [-0.15, -0.1) is 0 Å². The molecule has 0 bridgehead atoms. The van der Waals surface area contributed by atoms with Gasteiger partial charge in [-0.2, -0.15) is 12.6 Å². The predicted molar refractivity (Wildman–Crippen MR) is 96.3 cm³/mol. The second-order valence-corrected chi connectivity index (χ2v) is 6.11. The number of nitrogens with two attached hydrogens (primary N) is 2. The van der Waals surface area contributed by atoms with Crippen molar-refractivity contribution in [1.29, 1.82) is 0 Å². The molecule has 1 fully saturated rings. The van der Waals surface area contributed by atoms with Gasteiger partial charge in [0.25, 0.3) is 0 Å². The SMILES string of the molecule is NC(N)=NCCC[C@H](NC(=O)[C@@H]1CCCN1)C(=O)N[C@@H](CS)C(=O)O. The molecule has 1 aliphatic heterocycles. The van der Waals surface area contributed by atoms with Crippen LogP contribution < -0.4 is 27.4 Å². The number of guanidine groups is 1. The van der Waals surface area contributed by atoms with E-state index >= 15 is 0 Å². The maximum Gasteiger partial charge on any atom is 0.327 e. The molecular formula is C14H26N6O4S. The van der Waals surface area contributed by atoms with Gasteiger partial charge in [-0.1, -0.05) is 0 Å². The summed E-state index contributed by atoms with van der Waals surface area (Å²) >= 11 is 3.91. The highest BCUT2D eigenvalue weighted by atomic mass is 32.1. The third-order valence-electron chi connectivity index (χ3n) is 3.75. The third-order valence-corrected chi connectivity index (χ3v) is 4.12. The Morgan fingerprint density at radius 2 is 2.00 bits per heavy atom. The number of aliphatic carboxylic acids is 1. The van der Waals surface area contributed by atoms with Crippen molar-refractivity contribution in [2.24, 2.45) is 16.5 Å². The maximum atomic E-state index is 12.4. The number of nitrogens with zero attached hydrogens (tertiary/aromatic N) is 1. The number of thiol groups is 1. The van der Waals surface area contributed by atoms with Gasteiger partial charge in [0.1, 0.15) is 12.1 Å². The van der Waals surface area contributed by atoms with Gasteiger partial charge >= 0.3 is 5.97 Å². The van der Waals surface area contributed by atoms with Crippen molar-refractivity contribution in [2.45, 2.75) is 43.8 Å². The first-order chi connectivity index (χ1) is 11.8. The molecule has 3 atom stereocenters. The Hall–Kier alpha value is -2.01. The molecule has 11 heteroatoms. The lowest BCUT2D eigenvalue weighted by Crippen LogP contribution is -2.54. The molecule has 0 spiro atoms. The Labute approximate surface area is 151 Å². The van der Waals surface area contributed by atoms with Crippen LogP contribution in [0.1, 0.15) is 25.7 Å². The average molecular weight is 374 g/mol. The van der Waals surface area contributed by atoms with Crippen LogP contribution in [0.4, 0.5) is 0 Å². The van der Waals surface area contributed by atoms with Crippen molar-refractivity contribution in [3.63, 3.8) is 0 Å². The minimum absolute atomic E-state index is 0.0544. The van der Waals surface area contributed by atoms with Gasteiger partial charge < -0.3 is 32.5 Å². The number of hydrogen-bond acceptors (Lipinski definition) is 6. The first-order valence-corrected chi connectivity index (χ1v) is 8.71. The molecule has 2 amide bonds. The number of nitrogens with one attached hydrogen (secondary N) is 3. The highest BCUT2D eigenvalue weighted by Crippen LogP contribution is 2.07. The summed E-state index contributed by atoms with van der Waals surface area (Å²) in [7, 11) is 0. The molecule has 0 unspecified atom stereocenters. The summed E-state index contributed by atoms with van der Waals surface area (Å²) < 4.78 is 0. The zero-order valence-corrected chi connectivity index (χ0v) is 14.8. The summed E-state index contributed by atoms with van der Waals surface area (Å²) in [6, 6.07) is -2.34. The maximum absolute atomic E-state index is 12.4. The van der Waals surface area contributed by atoms with Gasteiger partial charge in [0.05, 0.1) is 6.04 Å². The van der Waals surface area contributed by atoms with Crippen molar-refractivity contribution < 1.29 is 19.5 Å². The standard InChI is InChI=1S/C14H26N6O4S/c15-14(16)18-6-2-4-9(12(22)20-10(7-25)13(23)24)19-11(21)8-3-1-5-17-8/h8-10,17,25H,1-7H2,(H,19,21)(H,20,22)(H,23,24)(H4,15,16,18)/t8-,9-,10-/m0/s1. The number of amides is 2. The second kappa shape index (κ2) is 10.8. The van der Waals surface area contributed by atoms with Crippen LogP contribution in [-0.2, 0) is 14.4 Å². The summed E-state index contributed by atoms with van der Waals surface area (Å²) in [6.07, 6.45) is 2.32. The number of carbonyl (C=O) groups excluding carboxylic acids is 2. The van der Waals surface area contributed by atoms with E-state index in [0.717, 1.165) is 13.0 Å². The van der Waals surface area contributed by atoms with Crippen LogP contribution in [0.25, 0.3) is 0 Å². The molecule has 1 rings (SSSR count). The fraction of sp³-hybridized carbons (Fsp3) is 0.714. The van der Waals surface area contributed by atoms with Crippen LogP contribution in [0.3, 0.4) is 0 Å². The van der Waals surface area contributed by atoms with E-state index in [4.69, 9.17) is 16.6 Å². The molecule has 10 nitrogen and oxygen atoms in total. The zero-order valence-electron chi connectivity index (χ0n) is 13.9. The highest BCUT2D eigenvalue weighted by molar-refractivity contribution is 7.80. The fourth-order valence-corrected chi connectivity index (χ4v) is 2.66. The van der Waals surface area contributed by atoms with Gasteiger partial charge in [-0.3, -0.25) is 14.6 Å². The number of carboxylic acids is 1. The summed E-state index contributed by atoms with van der Waals surface area (Å²) in [6.45, 7) is 1.05. The van der Waals surface area contributed by atoms with Crippen molar-refractivity contribution in [3.8, 4) is 0 Å². The molecule has 1 saturated heterocycles. The van der Waals surface area contributed by atoms with Crippen LogP contribution in [0.5, 0.6) is 0 Å². The molecule has 8 N–H and O–H groups in total. The minimum Gasteiger partial charge on any atom is -0.480 e. The van der Waals surface area contributed by atoms with E-state index in [2.05, 4.69) is 33.6 Å². The summed E-state index contributed by atoms with van der Waals surface area (Å²) in [4.78, 5) is 39.5. The van der Waals surface area contributed by atoms with Crippen molar-refractivity contribution in [1.82, 2.24) is 16.0 Å². The molecular weight excluding hydrogens is 348 g/mol. The van der Waals surface area contributed by atoms with Gasteiger partial charge in [0.2, 0.25) is 11.8 Å². The van der Waals surface area contributed by atoms with E-state index in [1.165, 1.54) is 0 Å². The van der Waals surface area contributed by atoms with E-state index in [-0.39, 0.29) is 30.1 Å². The van der Waals surface area contributed by atoms with Gasteiger partial charge in [-0.25, -0.2) is 4.79 Å². The lowest BCUT2D eigenvalue weighted by atomic mass is 10.1. The van der Waals surface area contributed by atoms with Gasteiger partial charge in [-0.05, 0) is 32.2 Å². The van der Waals surface area contributed by atoms with E-state index in [1.807, 2.05) is 0 Å². The van der Waals surface area contributed by atoms with Crippen molar-refractivity contribution in [2.75, 3.05) is 18.8 Å². The Kier molecular flexibility index (Phi) is 9.06. The Morgan fingerprint density at radius 1 is 1.28 bits per heavy atom. The Balaban J connectivity index is 2.67.